The second-order valence-corrected chi connectivity index (χ2v) is 12.1. The highest BCUT2D eigenvalue weighted by molar-refractivity contribution is 6.31. The van der Waals surface area contributed by atoms with Gasteiger partial charge in [-0.15, -0.1) is 0 Å². The molecule has 0 bridgehead atoms. The number of hydrogen-bond donors (Lipinski definition) is 5. The molecule has 0 spiro atoms. The molecule has 7 atom stereocenters. The van der Waals surface area contributed by atoms with Crippen molar-refractivity contribution in [1.82, 2.24) is 0 Å². The third-order valence-electron chi connectivity index (χ3n) is 9.22. The fourth-order valence-electron chi connectivity index (χ4n) is 6.95. The molecular formula is C32H37NO12. The number of benzene rings is 2. The number of aliphatic hydroxyl groups is 2. The predicted octanol–water partition coefficient (Wildman–Crippen LogP) is 1.55. The summed E-state index contributed by atoms with van der Waals surface area (Å²) in [6, 6.07) is 3.86. The van der Waals surface area contributed by atoms with Crippen LogP contribution in [0.25, 0.3) is 0 Å². The highest BCUT2D eigenvalue weighted by atomic mass is 16.7. The first kappa shape index (κ1) is 31.5. The highest BCUT2D eigenvalue weighted by Crippen LogP contribution is 2.52. The number of aliphatic hydroxyl groups excluding tert-OH is 1. The topological polar surface area (TPSA) is 204 Å². The number of hydrogen-bond acceptors (Lipinski definition) is 13. The van der Waals surface area contributed by atoms with Crippen molar-refractivity contribution in [3.8, 4) is 17.2 Å². The van der Waals surface area contributed by atoms with Crippen LogP contribution >= 0.6 is 0 Å². The first-order chi connectivity index (χ1) is 21.5. The van der Waals surface area contributed by atoms with E-state index in [9.17, 15) is 34.8 Å². The highest BCUT2D eigenvalue weighted by Gasteiger charge is 2.50. The molecule has 2 aromatic rings. The maximum Gasteiger partial charge on any atom is 0.202 e. The van der Waals surface area contributed by atoms with Gasteiger partial charge in [0, 0.05) is 48.6 Å². The van der Waals surface area contributed by atoms with Crippen LogP contribution in [0.1, 0.15) is 88.1 Å². The zero-order valence-electron chi connectivity index (χ0n) is 25.0. The number of methoxy groups -OCH3 is 1. The second kappa shape index (κ2) is 12.1. The van der Waals surface area contributed by atoms with Crippen molar-refractivity contribution in [2.75, 3.05) is 20.3 Å². The number of fused-ring (bicyclic) bond motifs is 3. The van der Waals surface area contributed by atoms with E-state index in [1.54, 1.807) is 6.92 Å². The molecule has 0 radical (unpaired) electrons. The Morgan fingerprint density at radius 3 is 2.49 bits per heavy atom. The molecular weight excluding hydrogens is 590 g/mol. The summed E-state index contributed by atoms with van der Waals surface area (Å²) in [4.78, 5) is 40.2. The Bertz CT molecular complexity index is 1520. The van der Waals surface area contributed by atoms with Gasteiger partial charge in [-0.05, 0) is 32.3 Å². The van der Waals surface area contributed by atoms with E-state index in [0.717, 1.165) is 19.3 Å². The van der Waals surface area contributed by atoms with Crippen molar-refractivity contribution in [2.45, 2.75) is 88.0 Å². The van der Waals surface area contributed by atoms with Crippen molar-refractivity contribution >= 4 is 17.3 Å². The van der Waals surface area contributed by atoms with E-state index < -0.39 is 102 Å². The molecule has 45 heavy (non-hydrogen) atoms. The lowest BCUT2D eigenvalue weighted by Gasteiger charge is -2.43. The van der Waals surface area contributed by atoms with Gasteiger partial charge in [-0.25, -0.2) is 0 Å². The van der Waals surface area contributed by atoms with Gasteiger partial charge in [0.25, 0.3) is 0 Å². The number of nitrogens with two attached hydrogens (primary N) is 1. The van der Waals surface area contributed by atoms with Gasteiger partial charge in [-0.2, -0.15) is 0 Å². The Balaban J connectivity index is 1.38. The number of carbonyl (C=O) groups is 3. The van der Waals surface area contributed by atoms with Crippen molar-refractivity contribution < 1.29 is 58.5 Å². The minimum Gasteiger partial charge on any atom is -0.507 e. The average molecular weight is 628 g/mol. The monoisotopic (exact) mass is 627 g/mol. The quantitative estimate of drug-likeness (QED) is 0.236. The normalized spacial score (nSPS) is 31.1. The van der Waals surface area contributed by atoms with Gasteiger partial charge in [-0.1, -0.05) is 12.1 Å². The Morgan fingerprint density at radius 2 is 1.82 bits per heavy atom. The molecule has 2 aromatic carbocycles. The van der Waals surface area contributed by atoms with E-state index in [2.05, 4.69) is 0 Å². The lowest BCUT2D eigenvalue weighted by atomic mass is 9.72. The van der Waals surface area contributed by atoms with Crippen LogP contribution in [0.4, 0.5) is 0 Å². The van der Waals surface area contributed by atoms with Crippen molar-refractivity contribution in [2.24, 2.45) is 5.73 Å². The van der Waals surface area contributed by atoms with Gasteiger partial charge in [0.05, 0.1) is 36.0 Å². The van der Waals surface area contributed by atoms with Crippen LogP contribution in [0.2, 0.25) is 0 Å². The number of phenolic OH excluding ortho intramolecular Hbond substituents is 2. The standard InChI is InChI=1S/C32H37NO12/c1-14-31(45-21-8-3-4-9-42-21)17(33)10-22(43-14)44-19-12-32(40,20(35)13-34)11-16-24(19)30(39)26-25(28(16)37)27(36)15-6-5-7-18(41-2)23(15)29(26)38/h5-7,14,17,19,21-22,31,34,37,39-40H,3-4,8-13,33H2,1-2H3/t14-,17-,19-,21?,22-,31+,32-/m0/s1. The summed E-state index contributed by atoms with van der Waals surface area (Å²) < 4.78 is 29.5. The van der Waals surface area contributed by atoms with Gasteiger partial charge < -0.3 is 49.8 Å². The fourth-order valence-corrected chi connectivity index (χ4v) is 6.95. The Morgan fingerprint density at radius 1 is 1.07 bits per heavy atom. The molecule has 2 fully saturated rings. The largest absolute Gasteiger partial charge is 0.507 e. The number of aromatic hydroxyl groups is 2. The molecule has 0 amide bonds. The molecule has 6 N–H and O–H groups in total. The van der Waals surface area contributed by atoms with Gasteiger partial charge in [0.15, 0.2) is 24.1 Å². The molecule has 1 unspecified atom stereocenters. The van der Waals surface area contributed by atoms with E-state index in [-0.39, 0.29) is 34.4 Å². The van der Waals surface area contributed by atoms with E-state index in [0.29, 0.717) is 6.61 Å². The first-order valence-corrected chi connectivity index (χ1v) is 15.1. The number of ether oxygens (including phenoxy) is 5. The molecule has 2 aliphatic carbocycles. The van der Waals surface area contributed by atoms with Crippen LogP contribution in [0.3, 0.4) is 0 Å². The average Bonchev–Trinajstić information content (AvgIpc) is 3.02. The number of phenols is 2. The van der Waals surface area contributed by atoms with Crippen LogP contribution in [0.15, 0.2) is 18.2 Å². The number of carbonyl (C=O) groups excluding carboxylic acids is 3. The van der Waals surface area contributed by atoms with Crippen LogP contribution in [-0.4, -0.2) is 94.5 Å². The number of Topliss-reactive ketones (excluding diaryl/α,β-unsaturated/α-hetero) is 1. The van der Waals surface area contributed by atoms with Crippen molar-refractivity contribution in [1.29, 1.82) is 0 Å². The summed E-state index contributed by atoms with van der Waals surface area (Å²) in [5.74, 6) is -3.67. The maximum atomic E-state index is 13.8. The third-order valence-corrected chi connectivity index (χ3v) is 9.22. The molecule has 13 nitrogen and oxygen atoms in total. The van der Waals surface area contributed by atoms with Gasteiger partial charge in [-0.3, -0.25) is 14.4 Å². The Kier molecular flexibility index (Phi) is 8.46. The predicted molar refractivity (Wildman–Crippen MR) is 154 cm³/mol. The fraction of sp³-hybridized carbons (Fsp3) is 0.531. The molecule has 2 saturated heterocycles. The third kappa shape index (κ3) is 5.31. The first-order valence-electron chi connectivity index (χ1n) is 15.1. The summed E-state index contributed by atoms with van der Waals surface area (Å²) in [6.45, 7) is 1.35. The molecule has 0 saturated carbocycles. The molecule has 4 aliphatic rings. The van der Waals surface area contributed by atoms with Crippen molar-refractivity contribution in [3.63, 3.8) is 0 Å². The van der Waals surface area contributed by atoms with E-state index >= 15 is 0 Å². The van der Waals surface area contributed by atoms with E-state index in [1.165, 1.54) is 25.3 Å². The Hall–Kier alpha value is -3.43. The Labute approximate surface area is 258 Å². The molecule has 6 rings (SSSR count). The summed E-state index contributed by atoms with van der Waals surface area (Å²) in [5.41, 5.74) is 2.98. The number of rotatable bonds is 7. The maximum absolute atomic E-state index is 13.8. The number of ketones is 3. The van der Waals surface area contributed by atoms with Gasteiger partial charge in [0.2, 0.25) is 5.78 Å². The molecule has 0 aromatic heterocycles. The minimum absolute atomic E-state index is 0.0409. The van der Waals surface area contributed by atoms with E-state index in [1.807, 2.05) is 0 Å². The summed E-state index contributed by atoms with van der Waals surface area (Å²) in [7, 11) is 1.34. The van der Waals surface area contributed by atoms with Crippen LogP contribution in [-0.2, 0) is 30.2 Å². The van der Waals surface area contributed by atoms with Crippen LogP contribution in [0, 0.1) is 0 Å². The zero-order valence-corrected chi connectivity index (χ0v) is 25.0. The van der Waals surface area contributed by atoms with E-state index in [4.69, 9.17) is 29.4 Å². The zero-order chi connectivity index (χ0) is 32.2. The summed E-state index contributed by atoms with van der Waals surface area (Å²) >= 11 is 0. The molecule has 13 heteroatoms. The molecule has 242 valence electrons. The van der Waals surface area contributed by atoms with Gasteiger partial charge in [0.1, 0.15) is 35.6 Å². The van der Waals surface area contributed by atoms with Crippen LogP contribution in [0.5, 0.6) is 17.2 Å². The molecule has 2 heterocycles. The lowest BCUT2D eigenvalue weighted by Crippen LogP contribution is -2.55. The SMILES string of the molecule is COc1cccc2c1C(=O)c1c(O)c3c(c(O)c1C2=O)C[C@@](O)(C(=O)CO)C[C@@H]3O[C@H]1C[C@H](N)[C@H](OC2CCCCO2)[C@H](C)O1. The van der Waals surface area contributed by atoms with Crippen molar-refractivity contribution in [3.05, 3.63) is 51.6 Å². The summed E-state index contributed by atoms with van der Waals surface area (Å²) in [5, 5.41) is 44.2. The second-order valence-electron chi connectivity index (χ2n) is 12.1. The lowest BCUT2D eigenvalue weighted by molar-refractivity contribution is -0.281. The molecule has 2 aliphatic heterocycles. The minimum atomic E-state index is -2.24. The smallest absolute Gasteiger partial charge is 0.202 e. The summed E-state index contributed by atoms with van der Waals surface area (Å²) in [6.07, 6.45) is -2.03. The van der Waals surface area contributed by atoms with Crippen LogP contribution < -0.4 is 10.5 Å². The van der Waals surface area contributed by atoms with Gasteiger partial charge >= 0.3 is 0 Å².